The Balaban J connectivity index is 1.98. The second-order valence-corrected chi connectivity index (χ2v) is 9.83. The summed E-state index contributed by atoms with van der Waals surface area (Å²) in [7, 11) is -0.748. The van der Waals surface area contributed by atoms with Crippen LogP contribution in [0.4, 0.5) is 5.69 Å². The molecule has 3 aromatic rings. The van der Waals surface area contributed by atoms with Gasteiger partial charge in [-0.2, -0.15) is 0 Å². The van der Waals surface area contributed by atoms with Crippen LogP contribution in [0.1, 0.15) is 12.5 Å². The third-order valence-electron chi connectivity index (χ3n) is 5.64. The number of benzene rings is 3. The molecule has 0 heterocycles. The van der Waals surface area contributed by atoms with Crippen LogP contribution in [0, 0.1) is 0 Å². The van der Waals surface area contributed by atoms with Crippen molar-refractivity contribution >= 4 is 38.3 Å². The first-order valence-corrected chi connectivity index (χ1v) is 12.6. The van der Waals surface area contributed by atoms with E-state index in [2.05, 4.69) is 5.32 Å². The Morgan fingerprint density at radius 1 is 1.00 bits per heavy atom. The summed E-state index contributed by atoms with van der Waals surface area (Å²) in [4.78, 5) is 27.3. The third-order valence-corrected chi connectivity index (χ3v) is 6.77. The van der Waals surface area contributed by atoms with Crippen molar-refractivity contribution in [3.05, 3.63) is 72.3 Å². The van der Waals surface area contributed by atoms with E-state index in [-0.39, 0.29) is 12.5 Å². The first-order chi connectivity index (χ1) is 16.2. The molecule has 180 valence electrons. The lowest BCUT2D eigenvalue weighted by Gasteiger charge is -2.31. The van der Waals surface area contributed by atoms with Gasteiger partial charge in [-0.15, -0.1) is 0 Å². The Morgan fingerprint density at radius 3 is 2.26 bits per heavy atom. The molecular weight excluding hydrogens is 454 g/mol. The fourth-order valence-electron chi connectivity index (χ4n) is 3.74. The Kier molecular flexibility index (Phi) is 7.78. The van der Waals surface area contributed by atoms with Gasteiger partial charge in [-0.3, -0.25) is 13.9 Å². The van der Waals surface area contributed by atoms with E-state index in [1.807, 2.05) is 30.3 Å². The zero-order valence-corrected chi connectivity index (χ0v) is 20.5. The van der Waals surface area contributed by atoms with Crippen molar-refractivity contribution < 1.29 is 22.7 Å². The highest BCUT2D eigenvalue weighted by Crippen LogP contribution is 2.28. The van der Waals surface area contributed by atoms with E-state index in [4.69, 9.17) is 4.74 Å². The highest BCUT2D eigenvalue weighted by Gasteiger charge is 2.30. The summed E-state index contributed by atoms with van der Waals surface area (Å²) in [5.74, 6) is -0.177. The summed E-state index contributed by atoms with van der Waals surface area (Å²) < 4.78 is 31.8. The predicted octanol–water partition coefficient (Wildman–Crippen LogP) is 2.78. The number of carbonyl (C=O) groups excluding carboxylic acids is 2. The highest BCUT2D eigenvalue weighted by molar-refractivity contribution is 7.92. The number of likely N-dealkylation sites (N-methyl/N-ethyl adjacent to an activating group) is 1. The van der Waals surface area contributed by atoms with Gasteiger partial charge in [-0.1, -0.05) is 48.5 Å². The maximum Gasteiger partial charge on any atom is 0.244 e. The number of nitrogens with one attached hydrogen (secondary N) is 1. The fraction of sp³-hybridized carbons (Fsp3) is 0.280. The van der Waals surface area contributed by atoms with Crippen LogP contribution in [0.2, 0.25) is 0 Å². The maximum atomic E-state index is 13.5. The zero-order valence-electron chi connectivity index (χ0n) is 19.7. The molecular formula is C25H29N3O5S. The molecule has 8 nitrogen and oxygen atoms in total. The first kappa shape index (κ1) is 25.0. The van der Waals surface area contributed by atoms with E-state index in [1.54, 1.807) is 50.4 Å². The van der Waals surface area contributed by atoms with Crippen LogP contribution in [0.5, 0.6) is 5.75 Å². The third kappa shape index (κ3) is 5.66. The van der Waals surface area contributed by atoms with Crippen molar-refractivity contribution in [2.75, 3.05) is 31.3 Å². The highest BCUT2D eigenvalue weighted by atomic mass is 32.2. The summed E-state index contributed by atoms with van der Waals surface area (Å²) >= 11 is 0. The van der Waals surface area contributed by atoms with Gasteiger partial charge in [0.25, 0.3) is 0 Å². The molecule has 1 atom stereocenters. The lowest BCUT2D eigenvalue weighted by molar-refractivity contribution is -0.139. The molecule has 0 spiro atoms. The summed E-state index contributed by atoms with van der Waals surface area (Å²) in [6.07, 6.45) is 1.07. The number of rotatable bonds is 9. The van der Waals surface area contributed by atoms with Crippen molar-refractivity contribution in [2.45, 2.75) is 19.5 Å². The maximum absolute atomic E-state index is 13.5. The van der Waals surface area contributed by atoms with Gasteiger partial charge in [0.05, 0.1) is 19.1 Å². The van der Waals surface area contributed by atoms with Crippen molar-refractivity contribution in [2.24, 2.45) is 0 Å². The van der Waals surface area contributed by atoms with Gasteiger partial charge < -0.3 is 15.0 Å². The minimum absolute atomic E-state index is 0.130. The lowest BCUT2D eigenvalue weighted by Crippen LogP contribution is -2.50. The Hall–Kier alpha value is -3.59. The molecule has 2 amide bonds. The molecule has 0 aliphatic carbocycles. The largest absolute Gasteiger partial charge is 0.497 e. The van der Waals surface area contributed by atoms with Crippen molar-refractivity contribution in [1.82, 2.24) is 10.2 Å². The number of hydrogen-bond donors (Lipinski definition) is 1. The molecule has 1 N–H and O–H groups in total. The van der Waals surface area contributed by atoms with E-state index in [9.17, 15) is 18.0 Å². The second kappa shape index (κ2) is 10.6. The topological polar surface area (TPSA) is 96.0 Å². The Bertz CT molecular complexity index is 1270. The van der Waals surface area contributed by atoms with Gasteiger partial charge in [0.1, 0.15) is 18.3 Å². The molecule has 3 rings (SSSR count). The molecule has 0 unspecified atom stereocenters. The zero-order chi connectivity index (χ0) is 24.9. The monoisotopic (exact) mass is 483 g/mol. The van der Waals surface area contributed by atoms with E-state index >= 15 is 0 Å². The summed E-state index contributed by atoms with van der Waals surface area (Å²) in [6.45, 7) is 1.30. The quantitative estimate of drug-likeness (QED) is 0.505. The SMILES string of the molecule is CNC(=O)[C@@H](C)N(Cc1ccc(OC)cc1)C(=O)CN(c1cccc2ccccc12)S(C)(=O)=O. The van der Waals surface area contributed by atoms with Gasteiger partial charge in [-0.25, -0.2) is 8.42 Å². The molecule has 0 aliphatic heterocycles. The number of fused-ring (bicyclic) bond motifs is 1. The van der Waals surface area contributed by atoms with E-state index in [1.165, 1.54) is 11.9 Å². The van der Waals surface area contributed by atoms with Gasteiger partial charge in [0.2, 0.25) is 21.8 Å². The van der Waals surface area contributed by atoms with Crippen LogP contribution in [0.15, 0.2) is 66.7 Å². The number of nitrogens with zero attached hydrogens (tertiary/aromatic N) is 2. The number of anilines is 1. The molecule has 0 aliphatic rings. The Labute approximate surface area is 200 Å². The van der Waals surface area contributed by atoms with Gasteiger partial charge in [0.15, 0.2) is 0 Å². The molecule has 0 saturated carbocycles. The minimum Gasteiger partial charge on any atom is -0.497 e. The predicted molar refractivity (Wildman–Crippen MR) is 133 cm³/mol. The minimum atomic E-state index is -3.80. The smallest absolute Gasteiger partial charge is 0.244 e. The number of hydrogen-bond acceptors (Lipinski definition) is 5. The van der Waals surface area contributed by atoms with Crippen molar-refractivity contribution in [1.29, 1.82) is 0 Å². The second-order valence-electron chi connectivity index (χ2n) is 7.93. The summed E-state index contributed by atoms with van der Waals surface area (Å²) in [6, 6.07) is 19.0. The standard InChI is InChI=1S/C25H29N3O5S/c1-18(25(30)26-2)27(16-19-12-14-21(33-3)15-13-19)24(29)17-28(34(4,31)32)23-11-7-9-20-8-5-6-10-22(20)23/h5-15,18H,16-17H2,1-4H3,(H,26,30)/t18-/m1/s1. The number of sulfonamides is 1. The average molecular weight is 484 g/mol. The molecule has 0 radical (unpaired) electrons. The van der Waals surface area contributed by atoms with Crippen LogP contribution in [0.3, 0.4) is 0 Å². The molecule has 3 aromatic carbocycles. The average Bonchev–Trinajstić information content (AvgIpc) is 2.84. The molecule has 0 fully saturated rings. The van der Waals surface area contributed by atoms with Crippen LogP contribution in [-0.4, -0.2) is 58.1 Å². The molecule has 0 bridgehead atoms. The number of ether oxygens (including phenoxy) is 1. The molecule has 9 heteroatoms. The lowest BCUT2D eigenvalue weighted by atomic mass is 10.1. The van der Waals surface area contributed by atoms with Crippen molar-refractivity contribution in [3.63, 3.8) is 0 Å². The molecule has 0 saturated heterocycles. The van der Waals surface area contributed by atoms with Crippen LogP contribution < -0.4 is 14.4 Å². The van der Waals surface area contributed by atoms with Crippen molar-refractivity contribution in [3.8, 4) is 5.75 Å². The fourth-order valence-corrected chi connectivity index (χ4v) is 4.60. The van der Waals surface area contributed by atoms with Crippen LogP contribution >= 0.6 is 0 Å². The summed E-state index contributed by atoms with van der Waals surface area (Å²) in [5, 5.41) is 4.13. The van der Waals surface area contributed by atoms with Gasteiger partial charge >= 0.3 is 0 Å². The number of methoxy groups -OCH3 is 1. The summed E-state index contributed by atoms with van der Waals surface area (Å²) in [5.41, 5.74) is 1.19. The number of carbonyl (C=O) groups is 2. The van der Waals surface area contributed by atoms with E-state index < -0.39 is 28.5 Å². The normalized spacial score (nSPS) is 12.1. The van der Waals surface area contributed by atoms with Gasteiger partial charge in [0, 0.05) is 19.0 Å². The van der Waals surface area contributed by atoms with E-state index in [0.29, 0.717) is 16.8 Å². The molecule has 0 aromatic heterocycles. The van der Waals surface area contributed by atoms with E-state index in [0.717, 1.165) is 21.5 Å². The molecule has 34 heavy (non-hydrogen) atoms. The van der Waals surface area contributed by atoms with Gasteiger partial charge in [-0.05, 0) is 36.1 Å². The van der Waals surface area contributed by atoms with Crippen LogP contribution in [-0.2, 0) is 26.2 Å². The Morgan fingerprint density at radius 2 is 1.65 bits per heavy atom. The number of amides is 2. The first-order valence-electron chi connectivity index (χ1n) is 10.7. The van der Waals surface area contributed by atoms with Crippen LogP contribution in [0.25, 0.3) is 10.8 Å².